The molecule has 2 aromatic rings. The number of aliphatic hydroxyl groups excluding tert-OH is 1. The summed E-state index contributed by atoms with van der Waals surface area (Å²) in [5.74, 6) is -3.33. The third kappa shape index (κ3) is 3.97. The van der Waals surface area contributed by atoms with E-state index in [1.807, 2.05) is 30.3 Å². The number of aliphatic hydroxyl groups is 1. The van der Waals surface area contributed by atoms with E-state index in [9.17, 15) is 24.6 Å². The van der Waals surface area contributed by atoms with Gasteiger partial charge in [0.05, 0.1) is 11.7 Å². The first kappa shape index (κ1) is 27.9. The molecule has 4 aliphatic carbocycles. The van der Waals surface area contributed by atoms with Gasteiger partial charge in [-0.25, -0.2) is 14.0 Å². The molecule has 6 rings (SSSR count). The summed E-state index contributed by atoms with van der Waals surface area (Å²) in [6.07, 6.45) is 3.95. The lowest BCUT2D eigenvalue weighted by molar-refractivity contribution is -0.222. The molecule has 4 aliphatic rings. The average Bonchev–Trinajstić information content (AvgIpc) is 3.23. The van der Waals surface area contributed by atoms with Gasteiger partial charge in [0.2, 0.25) is 5.60 Å². The van der Waals surface area contributed by atoms with Gasteiger partial charge in [-0.15, -0.1) is 0 Å². The van der Waals surface area contributed by atoms with Crippen molar-refractivity contribution in [3.63, 3.8) is 0 Å². The molecule has 8 heteroatoms. The second kappa shape index (κ2) is 9.66. The van der Waals surface area contributed by atoms with Crippen molar-refractivity contribution >= 4 is 29.5 Å². The second-order valence-corrected chi connectivity index (χ2v) is 13.4. The zero-order valence-corrected chi connectivity index (χ0v) is 23.8. The van der Waals surface area contributed by atoms with E-state index in [0.29, 0.717) is 24.8 Å². The Morgan fingerprint density at radius 2 is 1.68 bits per heavy atom. The summed E-state index contributed by atoms with van der Waals surface area (Å²) in [6.45, 7) is 3.45. The normalized spacial score (nSPS) is 37.4. The number of carbonyl (C=O) groups excluding carboxylic acids is 2. The fourth-order valence-electron chi connectivity index (χ4n) is 8.26. The van der Waals surface area contributed by atoms with Crippen LogP contribution in [-0.2, 0) is 14.3 Å². The Morgan fingerprint density at radius 1 is 1.00 bits per heavy atom. The second-order valence-electron chi connectivity index (χ2n) is 12.3. The first-order valence-electron chi connectivity index (χ1n) is 14.1. The highest BCUT2D eigenvalue weighted by Gasteiger charge is 2.76. The fourth-order valence-corrected chi connectivity index (χ4v) is 9.10. The third-order valence-electron chi connectivity index (χ3n) is 10.4. The van der Waals surface area contributed by atoms with Crippen molar-refractivity contribution in [2.24, 2.45) is 22.7 Å². The predicted octanol–water partition coefficient (Wildman–Crippen LogP) is 6.19. The van der Waals surface area contributed by atoms with Gasteiger partial charge < -0.3 is 14.9 Å². The van der Waals surface area contributed by atoms with Crippen LogP contribution in [0.4, 0.5) is 4.39 Å². The first-order valence-corrected chi connectivity index (χ1v) is 14.9. The van der Waals surface area contributed by atoms with Crippen LogP contribution in [0.15, 0.2) is 88.2 Å². The summed E-state index contributed by atoms with van der Waals surface area (Å²) >= 11 is 1.54. The standard InChI is InChI=1S/C33H33FO6S/c1-30-16-14-22(35)18-21(30)10-13-26-25-15-17-32(29(38)39,31(25,2)19-27(36)33(26,30)34)40-28(37)20-8-11-24(12-9-20)41-23-6-4-3-5-7-23/h3-9,11-12,14,16,18,25-27,36H,10,13,15,17,19H2,1-2H3,(H,38,39)/t25-,26-,27-,30-,31-,32-,33-/m0/s1. The molecule has 0 aliphatic heterocycles. The highest BCUT2D eigenvalue weighted by molar-refractivity contribution is 7.99. The zero-order valence-electron chi connectivity index (χ0n) is 23.0. The summed E-state index contributed by atoms with van der Waals surface area (Å²) in [7, 11) is 0. The lowest BCUT2D eigenvalue weighted by atomic mass is 9.45. The number of alkyl halides is 1. The van der Waals surface area contributed by atoms with Gasteiger partial charge in [-0.3, -0.25) is 4.79 Å². The molecule has 3 fully saturated rings. The van der Waals surface area contributed by atoms with Crippen LogP contribution in [0.3, 0.4) is 0 Å². The van der Waals surface area contributed by atoms with Crippen LogP contribution in [0.25, 0.3) is 0 Å². The van der Waals surface area contributed by atoms with Crippen molar-refractivity contribution in [3.8, 4) is 0 Å². The van der Waals surface area contributed by atoms with Crippen molar-refractivity contribution in [2.45, 2.75) is 73.1 Å². The molecule has 3 saturated carbocycles. The number of aliphatic carboxylic acids is 1. The van der Waals surface area contributed by atoms with Crippen LogP contribution in [-0.4, -0.2) is 45.3 Å². The maximum atomic E-state index is 17.3. The Balaban J connectivity index is 1.29. The summed E-state index contributed by atoms with van der Waals surface area (Å²) < 4.78 is 23.3. The number of fused-ring (bicyclic) bond motifs is 5. The van der Waals surface area contributed by atoms with Gasteiger partial charge in [-0.05, 0) is 93.5 Å². The summed E-state index contributed by atoms with van der Waals surface area (Å²) in [4.78, 5) is 40.4. The molecule has 2 N–H and O–H groups in total. The average molecular weight is 577 g/mol. The quantitative estimate of drug-likeness (QED) is 0.410. The lowest BCUT2D eigenvalue weighted by Gasteiger charge is -2.62. The number of hydrogen-bond donors (Lipinski definition) is 2. The Hall–Kier alpha value is -3.23. The van der Waals surface area contributed by atoms with Gasteiger partial charge in [0.15, 0.2) is 11.5 Å². The topological polar surface area (TPSA) is 101 Å². The van der Waals surface area contributed by atoms with E-state index in [0.717, 1.165) is 9.79 Å². The molecule has 0 radical (unpaired) electrons. The molecule has 0 bridgehead atoms. The molecule has 7 atom stereocenters. The third-order valence-corrected chi connectivity index (χ3v) is 11.5. The van der Waals surface area contributed by atoms with Crippen LogP contribution in [0.1, 0.15) is 56.3 Å². The predicted molar refractivity (Wildman–Crippen MR) is 151 cm³/mol. The van der Waals surface area contributed by atoms with Gasteiger partial charge in [0, 0.05) is 26.5 Å². The van der Waals surface area contributed by atoms with E-state index in [1.54, 1.807) is 56.0 Å². The van der Waals surface area contributed by atoms with E-state index >= 15 is 4.39 Å². The van der Waals surface area contributed by atoms with E-state index in [2.05, 4.69) is 0 Å². The summed E-state index contributed by atoms with van der Waals surface area (Å²) in [6, 6.07) is 16.6. The number of carboxylic acid groups (broad SMARTS) is 1. The van der Waals surface area contributed by atoms with Crippen molar-refractivity contribution in [1.29, 1.82) is 0 Å². The van der Waals surface area contributed by atoms with Crippen molar-refractivity contribution in [3.05, 3.63) is 84.0 Å². The lowest BCUT2D eigenvalue weighted by Crippen LogP contribution is -2.69. The molecule has 0 amide bonds. The van der Waals surface area contributed by atoms with Crippen molar-refractivity contribution in [1.82, 2.24) is 0 Å². The smallest absolute Gasteiger partial charge is 0.348 e. The van der Waals surface area contributed by atoms with E-state index in [-0.39, 0.29) is 24.2 Å². The number of ether oxygens (including phenoxy) is 1. The number of rotatable bonds is 5. The molecule has 0 heterocycles. The molecule has 0 spiro atoms. The highest BCUT2D eigenvalue weighted by Crippen LogP contribution is 2.70. The van der Waals surface area contributed by atoms with E-state index in [4.69, 9.17) is 4.74 Å². The first-order chi connectivity index (χ1) is 19.4. The Labute approximate surface area is 242 Å². The number of halogens is 1. The molecular weight excluding hydrogens is 543 g/mol. The van der Waals surface area contributed by atoms with Crippen LogP contribution in [0.5, 0.6) is 0 Å². The fraction of sp³-hybridized carbons (Fsp3) is 0.424. The number of esters is 1. The number of carboxylic acids is 1. The van der Waals surface area contributed by atoms with E-state index in [1.165, 1.54) is 12.2 Å². The van der Waals surface area contributed by atoms with Gasteiger partial charge >= 0.3 is 11.9 Å². The van der Waals surface area contributed by atoms with Gasteiger partial charge in [-0.2, -0.15) is 0 Å². The van der Waals surface area contributed by atoms with Crippen LogP contribution >= 0.6 is 11.8 Å². The van der Waals surface area contributed by atoms with Crippen molar-refractivity contribution in [2.75, 3.05) is 0 Å². The van der Waals surface area contributed by atoms with Crippen molar-refractivity contribution < 1.29 is 33.7 Å². The molecule has 0 aromatic heterocycles. The minimum atomic E-state index is -2.08. The number of carbonyl (C=O) groups is 3. The molecule has 0 saturated heterocycles. The van der Waals surface area contributed by atoms with Gasteiger partial charge in [0.25, 0.3) is 0 Å². The van der Waals surface area contributed by atoms with Crippen LogP contribution < -0.4 is 0 Å². The minimum Gasteiger partial charge on any atom is -0.478 e. The number of ketones is 1. The maximum Gasteiger partial charge on any atom is 0.348 e. The molecule has 41 heavy (non-hydrogen) atoms. The monoisotopic (exact) mass is 576 g/mol. The number of hydrogen-bond acceptors (Lipinski definition) is 6. The highest BCUT2D eigenvalue weighted by atomic mass is 32.2. The molecular formula is C33H33FO6S. The zero-order chi connectivity index (χ0) is 29.2. The number of allylic oxidation sites excluding steroid dienone is 4. The number of benzene rings is 2. The summed E-state index contributed by atoms with van der Waals surface area (Å²) in [5, 5.41) is 22.1. The minimum absolute atomic E-state index is 0.0320. The molecule has 214 valence electrons. The largest absolute Gasteiger partial charge is 0.478 e. The maximum absolute atomic E-state index is 17.3. The van der Waals surface area contributed by atoms with E-state index < -0.39 is 52.0 Å². The Morgan fingerprint density at radius 3 is 2.37 bits per heavy atom. The Kier molecular flexibility index (Phi) is 6.58. The Bertz CT molecular complexity index is 1470. The summed E-state index contributed by atoms with van der Waals surface area (Å²) in [5.41, 5.74) is -5.47. The van der Waals surface area contributed by atoms with Gasteiger partial charge in [-0.1, -0.05) is 48.5 Å². The SMILES string of the molecule is C[C@]12C=CC(=O)C=C1CC[C@H]1[C@@H]3CC[C@](OC(=O)c4ccc(Sc5ccccc5)cc4)(C(=O)O)[C@@]3(C)C[C@H](O)[C@@]12F. The van der Waals surface area contributed by atoms with Crippen LogP contribution in [0.2, 0.25) is 0 Å². The molecule has 0 unspecified atom stereocenters. The molecule has 2 aromatic carbocycles. The molecule has 6 nitrogen and oxygen atoms in total. The van der Waals surface area contributed by atoms with Crippen LogP contribution in [0, 0.1) is 22.7 Å². The van der Waals surface area contributed by atoms with Gasteiger partial charge in [0.1, 0.15) is 0 Å².